The number of ether oxygens (including phenoxy) is 2. The number of esters is 2. The van der Waals surface area contributed by atoms with E-state index in [1.807, 2.05) is 0 Å². The number of hydrogen-bond donors (Lipinski definition) is 0. The number of carbonyl (C=O) groups is 2. The first-order valence-electron chi connectivity index (χ1n) is 5.02. The summed E-state index contributed by atoms with van der Waals surface area (Å²) >= 11 is 2.86. The maximum Gasteiger partial charge on any atom is 0.331 e. The minimum Gasteiger partial charge on any atom is -0.465 e. The van der Waals surface area contributed by atoms with E-state index < -0.39 is 16.8 Å². The van der Waals surface area contributed by atoms with Crippen LogP contribution in [0.3, 0.4) is 0 Å². The maximum absolute atomic E-state index is 10.9. The third kappa shape index (κ3) is 9.72. The average Bonchev–Trinajstić information content (AvgIpc) is 2.18. The second-order valence-corrected chi connectivity index (χ2v) is 3.49. The van der Waals surface area contributed by atoms with Gasteiger partial charge >= 0.3 is 11.9 Å². The molecule has 0 amide bonds. The first-order valence-corrected chi connectivity index (χ1v) is 5.93. The van der Waals surface area contributed by atoms with Crippen molar-refractivity contribution in [3.63, 3.8) is 0 Å². The van der Waals surface area contributed by atoms with Crippen molar-refractivity contribution in [1.82, 2.24) is 0 Å². The van der Waals surface area contributed by atoms with Crippen LogP contribution >= 0.6 is 15.9 Å². The van der Waals surface area contributed by atoms with E-state index in [0.717, 1.165) is 0 Å². The van der Waals surface area contributed by atoms with Crippen LogP contribution in [0.1, 0.15) is 34.1 Å². The Morgan fingerprint density at radius 1 is 1.00 bits per heavy atom. The van der Waals surface area contributed by atoms with Crippen LogP contribution in [-0.4, -0.2) is 30.0 Å². The Morgan fingerprint density at radius 2 is 1.27 bits per heavy atom. The molecular weight excluding hydrogens is 264 g/mol. The molecule has 0 aromatic carbocycles. The molecule has 4 nitrogen and oxygen atoms in total. The Bertz CT molecular complexity index is 164. The molecule has 0 unspecified atom stereocenters. The van der Waals surface area contributed by atoms with Gasteiger partial charge in [-0.15, -0.1) is 0 Å². The lowest BCUT2D eigenvalue weighted by Crippen LogP contribution is -2.28. The van der Waals surface area contributed by atoms with E-state index in [9.17, 15) is 9.59 Å². The summed E-state index contributed by atoms with van der Waals surface area (Å²) in [5.74, 6) is -1.23. The highest BCUT2D eigenvalue weighted by atomic mass is 79.9. The Morgan fingerprint density at radius 3 is 1.47 bits per heavy atom. The molecule has 0 atom stereocenters. The highest BCUT2D eigenvalue weighted by Gasteiger charge is 2.25. The smallest absolute Gasteiger partial charge is 0.331 e. The summed E-state index contributed by atoms with van der Waals surface area (Å²) in [6, 6.07) is 0. The van der Waals surface area contributed by atoms with Crippen molar-refractivity contribution in [1.29, 1.82) is 0 Å². The van der Waals surface area contributed by atoms with Crippen LogP contribution in [0.4, 0.5) is 0 Å². The normalized spacial score (nSPS) is 8.93. The average molecular weight is 283 g/mol. The molecule has 0 bridgehead atoms. The summed E-state index contributed by atoms with van der Waals surface area (Å²) in [7, 11) is 0. The topological polar surface area (TPSA) is 52.6 Å². The lowest BCUT2D eigenvalue weighted by molar-refractivity contribution is -0.152. The fraction of sp³-hybridized carbons (Fsp3) is 0.800. The van der Waals surface area contributed by atoms with E-state index in [4.69, 9.17) is 0 Å². The summed E-state index contributed by atoms with van der Waals surface area (Å²) in [5, 5.41) is 0. The monoisotopic (exact) mass is 282 g/mol. The summed E-state index contributed by atoms with van der Waals surface area (Å²) in [6.07, 6.45) is 1.25. The standard InChI is InChI=1S/C7H11BrO4.C3H8/c1-3-11-6(9)5(8)7(10)12-4-2;1-3-2/h5H,3-4H2,1-2H3;3H2,1-2H3. The Hall–Kier alpha value is -0.580. The van der Waals surface area contributed by atoms with E-state index in [2.05, 4.69) is 39.3 Å². The molecule has 0 spiro atoms. The van der Waals surface area contributed by atoms with E-state index in [-0.39, 0.29) is 13.2 Å². The van der Waals surface area contributed by atoms with E-state index in [1.165, 1.54) is 6.42 Å². The molecular formula is C10H19BrO4. The van der Waals surface area contributed by atoms with Gasteiger partial charge in [0.25, 0.3) is 0 Å². The molecule has 0 aliphatic rings. The third-order valence-corrected chi connectivity index (χ3v) is 1.73. The Balaban J connectivity index is 0. The fourth-order valence-electron chi connectivity index (χ4n) is 0.527. The molecule has 0 aliphatic heterocycles. The van der Waals surface area contributed by atoms with Gasteiger partial charge in [-0.25, -0.2) is 0 Å². The van der Waals surface area contributed by atoms with Crippen LogP contribution in [0.25, 0.3) is 0 Å². The van der Waals surface area contributed by atoms with Gasteiger partial charge in [-0.3, -0.25) is 9.59 Å². The summed E-state index contributed by atoms with van der Waals surface area (Å²) in [4.78, 5) is 20.8. The van der Waals surface area contributed by atoms with Crippen molar-refractivity contribution in [2.45, 2.75) is 38.9 Å². The molecule has 0 N–H and O–H groups in total. The molecule has 15 heavy (non-hydrogen) atoms. The first kappa shape index (κ1) is 16.8. The van der Waals surface area contributed by atoms with Crippen LogP contribution in [0.15, 0.2) is 0 Å². The molecule has 0 saturated carbocycles. The Labute approximate surface area is 99.4 Å². The molecule has 0 aliphatic carbocycles. The Kier molecular flexibility index (Phi) is 12.9. The summed E-state index contributed by atoms with van der Waals surface area (Å²) in [6.45, 7) is 8.09. The SMILES string of the molecule is CCC.CCOC(=O)C(Br)C(=O)OCC. The van der Waals surface area contributed by atoms with Gasteiger partial charge in [0.05, 0.1) is 13.2 Å². The van der Waals surface area contributed by atoms with Crippen LogP contribution in [0, 0.1) is 0 Å². The zero-order valence-electron chi connectivity index (χ0n) is 9.71. The van der Waals surface area contributed by atoms with Crippen LogP contribution in [0.2, 0.25) is 0 Å². The first-order chi connectivity index (χ1) is 7.04. The molecule has 0 aromatic rings. The van der Waals surface area contributed by atoms with Gasteiger partial charge in [-0.1, -0.05) is 36.2 Å². The second-order valence-electron chi connectivity index (χ2n) is 2.57. The minimum atomic E-state index is -1.00. The molecule has 0 rings (SSSR count). The molecule has 90 valence electrons. The molecule has 0 radical (unpaired) electrons. The van der Waals surface area contributed by atoms with Crippen molar-refractivity contribution in [2.75, 3.05) is 13.2 Å². The van der Waals surface area contributed by atoms with Gasteiger partial charge in [0, 0.05) is 0 Å². The second kappa shape index (κ2) is 11.5. The summed E-state index contributed by atoms with van der Waals surface area (Å²) < 4.78 is 9.17. The van der Waals surface area contributed by atoms with E-state index >= 15 is 0 Å². The quantitative estimate of drug-likeness (QED) is 0.451. The van der Waals surface area contributed by atoms with Crippen molar-refractivity contribution < 1.29 is 19.1 Å². The van der Waals surface area contributed by atoms with Crippen molar-refractivity contribution in [3.8, 4) is 0 Å². The number of halogens is 1. The predicted octanol–water partition coefficient (Wildman–Crippen LogP) is 2.29. The van der Waals surface area contributed by atoms with Gasteiger partial charge in [0.1, 0.15) is 0 Å². The van der Waals surface area contributed by atoms with Gasteiger partial charge in [0.2, 0.25) is 4.83 Å². The van der Waals surface area contributed by atoms with Crippen LogP contribution < -0.4 is 0 Å². The molecule has 0 heterocycles. The minimum absolute atomic E-state index is 0.250. The van der Waals surface area contributed by atoms with Gasteiger partial charge < -0.3 is 9.47 Å². The number of carbonyl (C=O) groups excluding carboxylic acids is 2. The lowest BCUT2D eigenvalue weighted by atomic mass is 10.4. The molecule has 0 fully saturated rings. The largest absolute Gasteiger partial charge is 0.465 e. The van der Waals surface area contributed by atoms with Crippen molar-refractivity contribution in [2.24, 2.45) is 0 Å². The van der Waals surface area contributed by atoms with Gasteiger partial charge in [0.15, 0.2) is 0 Å². The predicted molar refractivity (Wildman–Crippen MR) is 61.9 cm³/mol. The van der Waals surface area contributed by atoms with Gasteiger partial charge in [-0.05, 0) is 13.8 Å². The highest BCUT2D eigenvalue weighted by Crippen LogP contribution is 2.04. The zero-order chi connectivity index (χ0) is 12.3. The van der Waals surface area contributed by atoms with Crippen LogP contribution in [-0.2, 0) is 19.1 Å². The number of rotatable bonds is 4. The number of alkyl halides is 1. The number of hydrogen-bond acceptors (Lipinski definition) is 4. The molecule has 0 aromatic heterocycles. The molecule has 0 saturated heterocycles. The zero-order valence-corrected chi connectivity index (χ0v) is 11.3. The third-order valence-electron chi connectivity index (χ3n) is 0.987. The van der Waals surface area contributed by atoms with Crippen molar-refractivity contribution >= 4 is 27.9 Å². The molecule has 5 heteroatoms. The van der Waals surface area contributed by atoms with E-state index in [0.29, 0.717) is 0 Å². The maximum atomic E-state index is 10.9. The van der Waals surface area contributed by atoms with Gasteiger partial charge in [-0.2, -0.15) is 0 Å². The highest BCUT2D eigenvalue weighted by molar-refractivity contribution is 9.10. The van der Waals surface area contributed by atoms with E-state index in [1.54, 1.807) is 13.8 Å². The van der Waals surface area contributed by atoms with Crippen molar-refractivity contribution in [3.05, 3.63) is 0 Å². The lowest BCUT2D eigenvalue weighted by Gasteiger charge is -2.07. The van der Waals surface area contributed by atoms with Crippen LogP contribution in [0.5, 0.6) is 0 Å². The fourth-order valence-corrected chi connectivity index (χ4v) is 0.791. The summed E-state index contributed by atoms with van der Waals surface area (Å²) in [5.41, 5.74) is 0.